The molecule has 0 radical (unpaired) electrons. The molecule has 2 bridgehead atoms. The van der Waals surface area contributed by atoms with Crippen LogP contribution in [0.1, 0.15) is 25.7 Å². The van der Waals surface area contributed by atoms with Crippen LogP contribution in [-0.2, 0) is 0 Å². The summed E-state index contributed by atoms with van der Waals surface area (Å²) in [5.41, 5.74) is 0. The van der Waals surface area contributed by atoms with E-state index in [0.717, 1.165) is 5.82 Å². The number of aromatic nitrogens is 2. The number of fused-ring (bicyclic) bond motifs is 2. The normalized spacial score (nSPS) is 31.2. The Morgan fingerprint density at radius 2 is 2.06 bits per heavy atom. The van der Waals surface area contributed by atoms with Crippen molar-refractivity contribution >= 4 is 5.82 Å². The van der Waals surface area contributed by atoms with E-state index in [1.807, 2.05) is 6.07 Å². The molecule has 92 valence electrons. The van der Waals surface area contributed by atoms with Gasteiger partial charge in [0.05, 0.1) is 7.11 Å². The maximum atomic E-state index is 5.10. The van der Waals surface area contributed by atoms with E-state index in [9.17, 15) is 0 Å². The summed E-state index contributed by atoms with van der Waals surface area (Å²) in [5, 5.41) is 7.12. The number of nitrogens with zero attached hydrogens (tertiary/aromatic N) is 2. The van der Waals surface area contributed by atoms with Crippen LogP contribution in [-0.4, -0.2) is 35.2 Å². The monoisotopic (exact) mass is 234 g/mol. The van der Waals surface area contributed by atoms with Crippen LogP contribution in [0.4, 0.5) is 5.82 Å². The minimum atomic E-state index is 0.522. The van der Waals surface area contributed by atoms with Crippen molar-refractivity contribution in [3.05, 3.63) is 12.4 Å². The Morgan fingerprint density at radius 3 is 2.76 bits per heavy atom. The van der Waals surface area contributed by atoms with E-state index in [1.165, 1.54) is 32.0 Å². The Morgan fingerprint density at radius 1 is 1.29 bits per heavy atom. The highest BCUT2D eigenvalue weighted by atomic mass is 16.5. The first kappa shape index (κ1) is 10.8. The average Bonchev–Trinajstić information content (AvgIpc) is 2.69. The summed E-state index contributed by atoms with van der Waals surface area (Å²) < 4.78 is 5.10. The van der Waals surface area contributed by atoms with Gasteiger partial charge in [0.2, 0.25) is 5.88 Å². The first-order chi connectivity index (χ1) is 8.33. The second-order valence-corrected chi connectivity index (χ2v) is 4.90. The molecule has 2 atom stereocenters. The predicted octanol–water partition coefficient (Wildman–Crippen LogP) is 1.18. The van der Waals surface area contributed by atoms with Crippen LogP contribution in [0.3, 0.4) is 0 Å². The maximum absolute atomic E-state index is 5.10. The minimum Gasteiger partial charge on any atom is -0.481 e. The summed E-state index contributed by atoms with van der Waals surface area (Å²) in [6.45, 7) is 0. The van der Waals surface area contributed by atoms with Gasteiger partial charge in [-0.1, -0.05) is 0 Å². The number of anilines is 1. The van der Waals surface area contributed by atoms with Crippen molar-refractivity contribution in [3.8, 4) is 5.88 Å². The molecular formula is C12H18N4O. The summed E-state index contributed by atoms with van der Waals surface area (Å²) >= 11 is 0. The number of rotatable bonds is 3. The van der Waals surface area contributed by atoms with E-state index < -0.39 is 0 Å². The molecule has 0 aromatic carbocycles. The van der Waals surface area contributed by atoms with Crippen LogP contribution >= 0.6 is 0 Å². The van der Waals surface area contributed by atoms with Crippen LogP contribution in [0.5, 0.6) is 5.88 Å². The third-order valence-electron chi connectivity index (χ3n) is 3.68. The second-order valence-electron chi connectivity index (χ2n) is 4.90. The number of hydrogen-bond acceptors (Lipinski definition) is 5. The minimum absolute atomic E-state index is 0.522. The summed E-state index contributed by atoms with van der Waals surface area (Å²) in [6.07, 6.45) is 6.54. The van der Waals surface area contributed by atoms with E-state index in [-0.39, 0.29) is 0 Å². The van der Waals surface area contributed by atoms with Gasteiger partial charge < -0.3 is 15.4 Å². The van der Waals surface area contributed by atoms with Gasteiger partial charge in [-0.15, -0.1) is 0 Å². The van der Waals surface area contributed by atoms with Crippen LogP contribution < -0.4 is 15.4 Å². The lowest BCUT2D eigenvalue weighted by Crippen LogP contribution is -2.43. The first-order valence-corrected chi connectivity index (χ1v) is 6.22. The Bertz CT molecular complexity index is 386. The third-order valence-corrected chi connectivity index (χ3v) is 3.68. The Kier molecular flexibility index (Phi) is 2.84. The van der Waals surface area contributed by atoms with Gasteiger partial charge in [-0.3, -0.25) is 0 Å². The van der Waals surface area contributed by atoms with Gasteiger partial charge in [0.25, 0.3) is 0 Å². The van der Waals surface area contributed by atoms with Gasteiger partial charge in [0, 0.05) is 24.2 Å². The van der Waals surface area contributed by atoms with E-state index >= 15 is 0 Å². The number of nitrogens with one attached hydrogen (secondary N) is 2. The maximum Gasteiger partial charge on any atom is 0.218 e. The van der Waals surface area contributed by atoms with Crippen molar-refractivity contribution in [2.75, 3.05) is 12.4 Å². The summed E-state index contributed by atoms with van der Waals surface area (Å²) in [7, 11) is 1.62. The third kappa shape index (κ3) is 2.34. The van der Waals surface area contributed by atoms with Crippen molar-refractivity contribution < 1.29 is 4.74 Å². The zero-order valence-electron chi connectivity index (χ0n) is 10.0. The molecule has 2 aliphatic heterocycles. The molecule has 1 aromatic heterocycles. The molecule has 2 unspecified atom stereocenters. The molecule has 0 spiro atoms. The van der Waals surface area contributed by atoms with Gasteiger partial charge in [-0.2, -0.15) is 0 Å². The van der Waals surface area contributed by atoms with E-state index in [2.05, 4.69) is 20.6 Å². The standard InChI is InChI=1S/C12H18N4O/c1-17-12-6-11(13-7-14-12)16-10-4-8-2-3-9(5-10)15-8/h6-10,15H,2-5H2,1H3,(H,13,14,16). The van der Waals surface area contributed by atoms with Gasteiger partial charge in [-0.25, -0.2) is 9.97 Å². The lowest BCUT2D eigenvalue weighted by Gasteiger charge is -2.30. The lowest BCUT2D eigenvalue weighted by molar-refractivity contribution is 0.376. The molecule has 1 aromatic rings. The van der Waals surface area contributed by atoms with Crippen molar-refractivity contribution in [1.29, 1.82) is 0 Å². The van der Waals surface area contributed by atoms with Gasteiger partial charge >= 0.3 is 0 Å². The van der Waals surface area contributed by atoms with Gasteiger partial charge in [-0.05, 0) is 25.7 Å². The predicted molar refractivity (Wildman–Crippen MR) is 65.2 cm³/mol. The first-order valence-electron chi connectivity index (χ1n) is 6.22. The fourth-order valence-electron chi connectivity index (χ4n) is 2.91. The van der Waals surface area contributed by atoms with Crippen LogP contribution in [0.2, 0.25) is 0 Å². The number of methoxy groups -OCH3 is 1. The summed E-state index contributed by atoms with van der Waals surface area (Å²) in [4.78, 5) is 8.24. The summed E-state index contributed by atoms with van der Waals surface area (Å²) in [5.74, 6) is 1.47. The molecule has 3 rings (SSSR count). The highest BCUT2D eigenvalue weighted by molar-refractivity contribution is 5.38. The second kappa shape index (κ2) is 4.49. The topological polar surface area (TPSA) is 59.1 Å². The van der Waals surface area contributed by atoms with Crippen LogP contribution in [0.15, 0.2) is 12.4 Å². The lowest BCUT2D eigenvalue weighted by atomic mass is 10.00. The molecule has 0 amide bonds. The number of hydrogen-bond donors (Lipinski definition) is 2. The van der Waals surface area contributed by atoms with Crippen molar-refractivity contribution in [1.82, 2.24) is 15.3 Å². The number of piperidine rings is 1. The molecule has 5 heteroatoms. The molecule has 2 saturated heterocycles. The molecular weight excluding hydrogens is 216 g/mol. The average molecular weight is 234 g/mol. The molecule has 2 aliphatic rings. The van der Waals surface area contributed by atoms with Crippen LogP contribution in [0.25, 0.3) is 0 Å². The van der Waals surface area contributed by atoms with E-state index in [4.69, 9.17) is 4.74 Å². The van der Waals surface area contributed by atoms with Crippen molar-refractivity contribution in [3.63, 3.8) is 0 Å². The Balaban J connectivity index is 1.66. The highest BCUT2D eigenvalue weighted by Crippen LogP contribution is 2.28. The zero-order valence-corrected chi connectivity index (χ0v) is 10.0. The molecule has 0 saturated carbocycles. The zero-order chi connectivity index (χ0) is 11.7. The van der Waals surface area contributed by atoms with Gasteiger partial charge in [0.1, 0.15) is 12.1 Å². The quantitative estimate of drug-likeness (QED) is 0.822. The highest BCUT2D eigenvalue weighted by Gasteiger charge is 2.33. The largest absolute Gasteiger partial charge is 0.481 e. The molecule has 17 heavy (non-hydrogen) atoms. The molecule has 2 fully saturated rings. The van der Waals surface area contributed by atoms with E-state index in [0.29, 0.717) is 24.0 Å². The molecule has 3 heterocycles. The SMILES string of the molecule is COc1cc(NC2CC3CCC(C2)N3)ncn1. The Hall–Kier alpha value is -1.36. The van der Waals surface area contributed by atoms with Gasteiger partial charge in [0.15, 0.2) is 0 Å². The smallest absolute Gasteiger partial charge is 0.218 e. The van der Waals surface area contributed by atoms with Crippen molar-refractivity contribution in [2.45, 2.75) is 43.8 Å². The fourth-order valence-corrected chi connectivity index (χ4v) is 2.91. The van der Waals surface area contributed by atoms with E-state index in [1.54, 1.807) is 7.11 Å². The number of ether oxygens (including phenoxy) is 1. The van der Waals surface area contributed by atoms with Crippen molar-refractivity contribution in [2.24, 2.45) is 0 Å². The Labute approximate surface area is 101 Å². The molecule has 0 aliphatic carbocycles. The molecule has 5 nitrogen and oxygen atoms in total. The molecule has 2 N–H and O–H groups in total. The van der Waals surface area contributed by atoms with Crippen LogP contribution in [0, 0.1) is 0 Å². The summed E-state index contributed by atoms with van der Waals surface area (Å²) in [6, 6.07) is 3.75. The fraction of sp³-hybridized carbons (Fsp3) is 0.667.